The highest BCUT2D eigenvalue weighted by Gasteiger charge is 2.56. The standard InChI is InChI=1S/C16H24N4O3S/c1-24(22,23)20-11-2-3-12(20)6-10(5-11)15(18)16(21)19-13(8-17)4-9-7-14(9)19/h9-15H,2-7,18H2,1H3. The normalized spacial score (nSPS) is 42.5. The summed E-state index contributed by atoms with van der Waals surface area (Å²) in [5.74, 6) is 0.378. The summed E-state index contributed by atoms with van der Waals surface area (Å²) in [6, 6.07) is 1.44. The number of hydrogen-bond donors (Lipinski definition) is 1. The van der Waals surface area contributed by atoms with Gasteiger partial charge in [0.2, 0.25) is 15.9 Å². The van der Waals surface area contributed by atoms with Crippen LogP contribution in [0, 0.1) is 23.2 Å². The molecule has 6 unspecified atom stereocenters. The molecule has 4 aliphatic rings. The highest BCUT2D eigenvalue weighted by molar-refractivity contribution is 7.88. The van der Waals surface area contributed by atoms with Gasteiger partial charge in [0.05, 0.1) is 18.4 Å². The van der Waals surface area contributed by atoms with Gasteiger partial charge in [0.15, 0.2) is 0 Å². The first kappa shape index (κ1) is 16.3. The van der Waals surface area contributed by atoms with Gasteiger partial charge >= 0.3 is 0 Å². The molecule has 3 aliphatic heterocycles. The van der Waals surface area contributed by atoms with E-state index >= 15 is 0 Å². The van der Waals surface area contributed by atoms with E-state index in [9.17, 15) is 18.5 Å². The molecule has 6 atom stereocenters. The van der Waals surface area contributed by atoms with Crippen molar-refractivity contribution >= 4 is 15.9 Å². The van der Waals surface area contributed by atoms with Crippen molar-refractivity contribution in [3.63, 3.8) is 0 Å². The second-order valence-corrected chi connectivity index (χ2v) is 9.81. The Labute approximate surface area is 142 Å². The Hall–Kier alpha value is -1.17. The number of nitriles is 1. The molecule has 1 saturated carbocycles. The molecule has 3 saturated heterocycles. The largest absolute Gasteiger partial charge is 0.322 e. The van der Waals surface area contributed by atoms with E-state index in [0.29, 0.717) is 18.8 Å². The Morgan fingerprint density at radius 1 is 1.21 bits per heavy atom. The van der Waals surface area contributed by atoms with Crippen LogP contribution in [0.4, 0.5) is 0 Å². The predicted octanol–water partition coefficient (Wildman–Crippen LogP) is 0.0293. The molecule has 3 heterocycles. The maximum absolute atomic E-state index is 12.9. The van der Waals surface area contributed by atoms with Gasteiger partial charge < -0.3 is 10.6 Å². The molecule has 0 spiro atoms. The van der Waals surface area contributed by atoms with Gasteiger partial charge in [-0.25, -0.2) is 8.42 Å². The Morgan fingerprint density at radius 2 is 1.83 bits per heavy atom. The lowest BCUT2D eigenvalue weighted by Gasteiger charge is -2.40. The zero-order valence-corrected chi connectivity index (χ0v) is 14.7. The summed E-state index contributed by atoms with van der Waals surface area (Å²) in [7, 11) is -3.21. The van der Waals surface area contributed by atoms with Crippen molar-refractivity contribution in [1.29, 1.82) is 5.26 Å². The second-order valence-electron chi connectivity index (χ2n) is 7.92. The van der Waals surface area contributed by atoms with Gasteiger partial charge in [-0.1, -0.05) is 0 Å². The maximum Gasteiger partial charge on any atom is 0.241 e. The molecule has 4 rings (SSSR count). The average Bonchev–Trinajstić information content (AvgIpc) is 3.10. The highest BCUT2D eigenvalue weighted by atomic mass is 32.2. The summed E-state index contributed by atoms with van der Waals surface area (Å²) in [6.45, 7) is 0. The number of sulfonamides is 1. The first-order valence-electron chi connectivity index (χ1n) is 8.77. The van der Waals surface area contributed by atoms with Crippen molar-refractivity contribution < 1.29 is 13.2 Å². The average molecular weight is 352 g/mol. The fourth-order valence-corrected chi connectivity index (χ4v) is 6.74. The second kappa shape index (κ2) is 5.41. The summed E-state index contributed by atoms with van der Waals surface area (Å²) in [5.41, 5.74) is 6.31. The molecule has 24 heavy (non-hydrogen) atoms. The number of rotatable bonds is 3. The number of piperidine rings is 2. The maximum atomic E-state index is 12.9. The number of nitrogens with two attached hydrogens (primary N) is 1. The van der Waals surface area contributed by atoms with Crippen LogP contribution in [0.25, 0.3) is 0 Å². The molecule has 8 heteroatoms. The number of amides is 1. The fourth-order valence-electron chi connectivity index (χ4n) is 5.27. The summed E-state index contributed by atoms with van der Waals surface area (Å²) >= 11 is 0. The third-order valence-electron chi connectivity index (χ3n) is 6.39. The summed E-state index contributed by atoms with van der Waals surface area (Å²) in [5, 5.41) is 9.28. The predicted molar refractivity (Wildman–Crippen MR) is 87.0 cm³/mol. The summed E-state index contributed by atoms with van der Waals surface area (Å²) in [6.07, 6.45) is 6.03. The van der Waals surface area contributed by atoms with E-state index < -0.39 is 16.1 Å². The van der Waals surface area contributed by atoms with Crippen LogP contribution in [0.5, 0.6) is 0 Å². The number of hydrogen-bond acceptors (Lipinski definition) is 5. The summed E-state index contributed by atoms with van der Waals surface area (Å²) < 4.78 is 25.6. The Kier molecular flexibility index (Phi) is 3.68. The van der Waals surface area contributed by atoms with E-state index in [1.807, 2.05) is 0 Å². The van der Waals surface area contributed by atoms with Crippen molar-refractivity contribution in [3.05, 3.63) is 0 Å². The van der Waals surface area contributed by atoms with E-state index in [4.69, 9.17) is 5.73 Å². The van der Waals surface area contributed by atoms with Gasteiger partial charge in [-0.05, 0) is 50.4 Å². The molecule has 0 aromatic heterocycles. The third-order valence-corrected chi connectivity index (χ3v) is 7.75. The van der Waals surface area contributed by atoms with Crippen LogP contribution in [-0.4, -0.2) is 60.0 Å². The molecule has 4 fully saturated rings. The topological polar surface area (TPSA) is 108 Å². The lowest BCUT2D eigenvalue weighted by Crippen LogP contribution is -2.55. The van der Waals surface area contributed by atoms with E-state index in [1.165, 1.54) is 6.26 Å². The molecule has 132 valence electrons. The molecule has 2 bridgehead atoms. The minimum Gasteiger partial charge on any atom is -0.322 e. The van der Waals surface area contributed by atoms with Gasteiger partial charge in [-0.3, -0.25) is 4.79 Å². The van der Waals surface area contributed by atoms with E-state index in [2.05, 4.69) is 6.07 Å². The monoisotopic (exact) mass is 352 g/mol. The van der Waals surface area contributed by atoms with Gasteiger partial charge in [-0.15, -0.1) is 0 Å². The molecule has 7 nitrogen and oxygen atoms in total. The Balaban J connectivity index is 1.48. The van der Waals surface area contributed by atoms with Crippen LogP contribution in [-0.2, 0) is 14.8 Å². The van der Waals surface area contributed by atoms with E-state index in [-0.39, 0.29) is 36.0 Å². The van der Waals surface area contributed by atoms with Gasteiger partial charge in [-0.2, -0.15) is 9.57 Å². The van der Waals surface area contributed by atoms with Crippen LogP contribution in [0.15, 0.2) is 0 Å². The SMILES string of the molecule is CS(=O)(=O)N1C2CCC1CC(C(N)C(=O)N1C(C#N)CC3CC31)C2. The van der Waals surface area contributed by atoms with Gasteiger partial charge in [0.25, 0.3) is 0 Å². The van der Waals surface area contributed by atoms with E-state index in [0.717, 1.165) is 25.7 Å². The smallest absolute Gasteiger partial charge is 0.241 e. The number of carbonyl (C=O) groups is 1. The molecule has 0 aromatic rings. The Morgan fingerprint density at radius 3 is 2.38 bits per heavy atom. The number of nitrogens with zero attached hydrogens (tertiary/aromatic N) is 3. The molecule has 2 N–H and O–H groups in total. The first-order chi connectivity index (χ1) is 11.3. The van der Waals surface area contributed by atoms with Gasteiger partial charge in [0, 0.05) is 18.1 Å². The molecule has 1 aliphatic carbocycles. The minimum absolute atomic E-state index is 0.00476. The molecular weight excluding hydrogens is 328 g/mol. The van der Waals surface area contributed by atoms with Crippen LogP contribution in [0.2, 0.25) is 0 Å². The van der Waals surface area contributed by atoms with Crippen molar-refractivity contribution in [3.8, 4) is 6.07 Å². The van der Waals surface area contributed by atoms with Crippen LogP contribution in [0.1, 0.15) is 38.5 Å². The molecule has 0 radical (unpaired) electrons. The first-order valence-corrected chi connectivity index (χ1v) is 10.6. The zero-order chi connectivity index (χ0) is 17.2. The number of carbonyl (C=O) groups excluding carboxylic acids is 1. The van der Waals surface area contributed by atoms with Crippen molar-refractivity contribution in [2.75, 3.05) is 6.26 Å². The Bertz CT molecular complexity index is 689. The molecule has 0 aromatic carbocycles. The van der Waals surface area contributed by atoms with Crippen LogP contribution >= 0.6 is 0 Å². The molecular formula is C16H24N4O3S. The molecule has 1 amide bonds. The van der Waals surface area contributed by atoms with Crippen molar-refractivity contribution in [1.82, 2.24) is 9.21 Å². The highest BCUT2D eigenvalue weighted by Crippen LogP contribution is 2.48. The fraction of sp³-hybridized carbons (Fsp3) is 0.875. The quantitative estimate of drug-likeness (QED) is 0.771. The lowest BCUT2D eigenvalue weighted by atomic mass is 9.85. The van der Waals surface area contributed by atoms with Crippen molar-refractivity contribution in [2.45, 2.75) is 68.7 Å². The summed E-state index contributed by atoms with van der Waals surface area (Å²) in [4.78, 5) is 14.6. The minimum atomic E-state index is -3.21. The lowest BCUT2D eigenvalue weighted by molar-refractivity contribution is -0.135. The van der Waals surface area contributed by atoms with Crippen LogP contribution in [0.3, 0.4) is 0 Å². The third kappa shape index (κ3) is 2.45. The number of fused-ring (bicyclic) bond motifs is 3. The van der Waals surface area contributed by atoms with Crippen molar-refractivity contribution in [2.24, 2.45) is 17.6 Å². The zero-order valence-electron chi connectivity index (χ0n) is 13.8. The van der Waals surface area contributed by atoms with E-state index in [1.54, 1.807) is 9.21 Å². The number of likely N-dealkylation sites (tertiary alicyclic amines) is 1. The van der Waals surface area contributed by atoms with Gasteiger partial charge in [0.1, 0.15) is 6.04 Å². The van der Waals surface area contributed by atoms with Crippen LogP contribution < -0.4 is 5.73 Å².